The maximum atomic E-state index is 12.4. The van der Waals surface area contributed by atoms with Crippen LogP contribution in [0.4, 0.5) is 0 Å². The van der Waals surface area contributed by atoms with E-state index in [2.05, 4.69) is 19.1 Å². The molecule has 1 aromatic heterocycles. The molecule has 6 heteroatoms. The average molecular weight is 342 g/mol. The fourth-order valence-electron chi connectivity index (χ4n) is 3.92. The van der Waals surface area contributed by atoms with Gasteiger partial charge in [0.2, 0.25) is 0 Å². The molecule has 4 rings (SSSR count). The Hall–Kier alpha value is -2.18. The second kappa shape index (κ2) is 5.68. The Kier molecular flexibility index (Phi) is 3.70. The molecule has 0 unspecified atom stereocenters. The lowest BCUT2D eigenvalue weighted by Gasteiger charge is -2.20. The van der Waals surface area contributed by atoms with Crippen molar-refractivity contribution in [3.05, 3.63) is 68.5 Å². The molecule has 0 radical (unpaired) electrons. The first kappa shape index (κ1) is 16.3. The molecule has 0 N–H and O–H groups in total. The Morgan fingerprint density at radius 3 is 2.52 bits per heavy atom. The van der Waals surface area contributed by atoms with E-state index in [-0.39, 0.29) is 29.1 Å². The summed E-state index contributed by atoms with van der Waals surface area (Å²) in [5, 5.41) is 0. The highest BCUT2D eigenvalue weighted by atomic mass is 16.7. The van der Waals surface area contributed by atoms with Gasteiger partial charge in [0, 0.05) is 30.6 Å². The highest BCUT2D eigenvalue weighted by Crippen LogP contribution is 2.55. The van der Waals surface area contributed by atoms with Crippen molar-refractivity contribution in [2.45, 2.75) is 45.3 Å². The molecule has 0 bridgehead atoms. The van der Waals surface area contributed by atoms with Gasteiger partial charge in [-0.15, -0.1) is 0 Å². The van der Waals surface area contributed by atoms with Gasteiger partial charge in [0.1, 0.15) is 6.23 Å². The molecule has 25 heavy (non-hydrogen) atoms. The molecule has 132 valence electrons. The zero-order valence-corrected chi connectivity index (χ0v) is 14.6. The van der Waals surface area contributed by atoms with Crippen LogP contribution in [0.25, 0.3) is 0 Å². The molecule has 6 nitrogen and oxygen atoms in total. The zero-order valence-electron chi connectivity index (χ0n) is 14.6. The monoisotopic (exact) mass is 342 g/mol. The molecule has 2 fully saturated rings. The van der Waals surface area contributed by atoms with E-state index in [9.17, 15) is 9.59 Å². The highest BCUT2D eigenvalue weighted by molar-refractivity contribution is 5.19. The molecule has 1 aromatic carbocycles. The Labute approximate surface area is 145 Å². The molecule has 3 heterocycles. The fraction of sp³-hybridized carbons (Fsp3) is 0.474. The molecule has 0 spiro atoms. The van der Waals surface area contributed by atoms with Crippen LogP contribution in [0.2, 0.25) is 0 Å². The van der Waals surface area contributed by atoms with Crippen LogP contribution in [0.5, 0.6) is 0 Å². The van der Waals surface area contributed by atoms with Crippen molar-refractivity contribution in [2.24, 2.45) is 12.5 Å². The van der Waals surface area contributed by atoms with Gasteiger partial charge in [-0.05, 0) is 18.9 Å². The van der Waals surface area contributed by atoms with Crippen LogP contribution in [0.3, 0.4) is 0 Å². The van der Waals surface area contributed by atoms with Gasteiger partial charge in [0.25, 0.3) is 5.56 Å². The summed E-state index contributed by atoms with van der Waals surface area (Å²) < 4.78 is 14.9. The summed E-state index contributed by atoms with van der Waals surface area (Å²) in [4.78, 5) is 24.3. The molecule has 0 saturated carbocycles. The molecular weight excluding hydrogens is 320 g/mol. The Morgan fingerprint density at radius 2 is 1.84 bits per heavy atom. The van der Waals surface area contributed by atoms with Crippen molar-refractivity contribution in [2.75, 3.05) is 0 Å². The van der Waals surface area contributed by atoms with Crippen LogP contribution in [-0.2, 0) is 16.5 Å². The first-order valence-corrected chi connectivity index (χ1v) is 8.54. The SMILES string of the molecule is Cc1cn([C@@H]2C[C@]3(C)C[C@H](c4ccccc4)O[C@@H]3O2)c(=O)n(C)c1=O. The first-order chi connectivity index (χ1) is 11.9. The van der Waals surface area contributed by atoms with Gasteiger partial charge >= 0.3 is 5.69 Å². The minimum atomic E-state index is -0.412. The minimum Gasteiger partial charge on any atom is -0.344 e. The van der Waals surface area contributed by atoms with Crippen molar-refractivity contribution in [1.82, 2.24) is 9.13 Å². The summed E-state index contributed by atoms with van der Waals surface area (Å²) in [5.41, 5.74) is 0.881. The number of aromatic nitrogens is 2. The third-order valence-electron chi connectivity index (χ3n) is 5.39. The maximum absolute atomic E-state index is 12.4. The van der Waals surface area contributed by atoms with E-state index in [0.717, 1.165) is 16.6 Å². The van der Waals surface area contributed by atoms with E-state index in [1.165, 1.54) is 11.6 Å². The van der Waals surface area contributed by atoms with Gasteiger partial charge in [-0.1, -0.05) is 37.3 Å². The van der Waals surface area contributed by atoms with Crippen LogP contribution in [0.1, 0.15) is 43.2 Å². The standard InChI is InChI=1S/C19H22N2O4/c1-12-11-21(18(23)20(3)16(12)22)15-10-19(2)9-14(24-17(19)25-15)13-7-5-4-6-8-13/h4-8,11,14-15,17H,9-10H2,1-3H3/t14-,15+,17-,19+/m1/s1. The molecular formula is C19H22N2O4. The van der Waals surface area contributed by atoms with Crippen molar-refractivity contribution in [1.29, 1.82) is 0 Å². The number of rotatable bonds is 2. The van der Waals surface area contributed by atoms with Crippen LogP contribution >= 0.6 is 0 Å². The maximum Gasteiger partial charge on any atom is 0.332 e. The molecule has 2 saturated heterocycles. The number of nitrogens with zero attached hydrogens (tertiary/aromatic N) is 2. The fourth-order valence-corrected chi connectivity index (χ4v) is 3.92. The highest BCUT2D eigenvalue weighted by Gasteiger charge is 2.53. The third kappa shape index (κ3) is 2.56. The van der Waals surface area contributed by atoms with Crippen molar-refractivity contribution in [3.63, 3.8) is 0 Å². The second-order valence-electron chi connectivity index (χ2n) is 7.39. The number of hydrogen-bond acceptors (Lipinski definition) is 4. The van der Waals surface area contributed by atoms with Gasteiger partial charge in [-0.2, -0.15) is 0 Å². The summed E-state index contributed by atoms with van der Waals surface area (Å²) in [6.45, 7) is 3.85. The van der Waals surface area contributed by atoms with E-state index < -0.39 is 6.23 Å². The lowest BCUT2D eigenvalue weighted by atomic mass is 9.83. The van der Waals surface area contributed by atoms with Crippen molar-refractivity contribution in [3.8, 4) is 0 Å². The summed E-state index contributed by atoms with van der Waals surface area (Å²) in [6.07, 6.45) is 2.36. The van der Waals surface area contributed by atoms with Gasteiger partial charge in [0.05, 0.1) is 6.10 Å². The van der Waals surface area contributed by atoms with Crippen LogP contribution in [0, 0.1) is 12.3 Å². The smallest absolute Gasteiger partial charge is 0.332 e. The zero-order chi connectivity index (χ0) is 17.8. The lowest BCUT2D eigenvalue weighted by molar-refractivity contribution is -0.165. The average Bonchev–Trinajstić information content (AvgIpc) is 3.09. The largest absolute Gasteiger partial charge is 0.344 e. The number of fused-ring (bicyclic) bond motifs is 1. The number of aryl methyl sites for hydroxylation is 1. The molecule has 2 aliphatic rings. The van der Waals surface area contributed by atoms with Gasteiger partial charge in [0.15, 0.2) is 6.29 Å². The quantitative estimate of drug-likeness (QED) is 0.840. The molecule has 0 aliphatic carbocycles. The Balaban J connectivity index is 1.60. The lowest BCUT2D eigenvalue weighted by Crippen LogP contribution is -2.40. The van der Waals surface area contributed by atoms with Crippen LogP contribution < -0.4 is 11.2 Å². The summed E-state index contributed by atoms with van der Waals surface area (Å²) in [7, 11) is 1.49. The van der Waals surface area contributed by atoms with E-state index in [1.54, 1.807) is 13.1 Å². The summed E-state index contributed by atoms with van der Waals surface area (Å²) >= 11 is 0. The number of hydrogen-bond donors (Lipinski definition) is 0. The predicted octanol–water partition coefficient (Wildman–Crippen LogP) is 2.27. The Morgan fingerprint density at radius 1 is 1.12 bits per heavy atom. The van der Waals surface area contributed by atoms with Crippen LogP contribution in [-0.4, -0.2) is 15.4 Å². The normalized spacial score (nSPS) is 31.2. The minimum absolute atomic E-state index is 0.00994. The molecule has 2 aromatic rings. The summed E-state index contributed by atoms with van der Waals surface area (Å²) in [6, 6.07) is 10.1. The number of ether oxygens (including phenoxy) is 2. The third-order valence-corrected chi connectivity index (χ3v) is 5.39. The van der Waals surface area contributed by atoms with E-state index in [4.69, 9.17) is 9.47 Å². The number of benzene rings is 1. The molecule has 2 aliphatic heterocycles. The van der Waals surface area contributed by atoms with E-state index in [1.807, 2.05) is 18.2 Å². The predicted molar refractivity (Wildman–Crippen MR) is 92.2 cm³/mol. The van der Waals surface area contributed by atoms with Crippen molar-refractivity contribution >= 4 is 0 Å². The Bertz CT molecular complexity index is 917. The first-order valence-electron chi connectivity index (χ1n) is 8.54. The van der Waals surface area contributed by atoms with E-state index >= 15 is 0 Å². The topological polar surface area (TPSA) is 62.5 Å². The molecule has 0 amide bonds. The summed E-state index contributed by atoms with van der Waals surface area (Å²) in [5.74, 6) is 0. The van der Waals surface area contributed by atoms with Gasteiger partial charge < -0.3 is 9.47 Å². The molecule has 4 atom stereocenters. The van der Waals surface area contributed by atoms with E-state index in [0.29, 0.717) is 12.0 Å². The van der Waals surface area contributed by atoms with Crippen LogP contribution in [0.15, 0.2) is 46.1 Å². The van der Waals surface area contributed by atoms with Gasteiger partial charge in [-0.25, -0.2) is 4.79 Å². The van der Waals surface area contributed by atoms with Crippen molar-refractivity contribution < 1.29 is 9.47 Å². The van der Waals surface area contributed by atoms with Gasteiger partial charge in [-0.3, -0.25) is 13.9 Å². The second-order valence-corrected chi connectivity index (χ2v) is 7.39.